The van der Waals surface area contributed by atoms with Crippen LogP contribution in [0.25, 0.3) is 0 Å². The smallest absolute Gasteiger partial charge is 0.314 e. The average molecular weight is 271 g/mol. The molecule has 0 atom stereocenters. The highest BCUT2D eigenvalue weighted by molar-refractivity contribution is 5.78. The molecule has 0 bridgehead atoms. The van der Waals surface area contributed by atoms with Crippen molar-refractivity contribution in [3.8, 4) is 0 Å². The van der Waals surface area contributed by atoms with Gasteiger partial charge in [-0.3, -0.25) is 4.79 Å². The Bertz CT molecular complexity index is 327. The van der Waals surface area contributed by atoms with Gasteiger partial charge in [-0.25, -0.2) is 4.79 Å². The summed E-state index contributed by atoms with van der Waals surface area (Å²) >= 11 is 0. The second-order valence-corrected chi connectivity index (χ2v) is 5.62. The van der Waals surface area contributed by atoms with Crippen LogP contribution in [0.5, 0.6) is 0 Å². The van der Waals surface area contributed by atoms with Crippen molar-refractivity contribution in [3.05, 3.63) is 0 Å². The van der Waals surface area contributed by atoms with Gasteiger partial charge in [0.25, 0.3) is 0 Å². The molecule has 0 spiro atoms. The highest BCUT2D eigenvalue weighted by Gasteiger charge is 2.44. The molecule has 19 heavy (non-hydrogen) atoms. The minimum Gasteiger partial charge on any atom is -0.481 e. The lowest BCUT2D eigenvalue weighted by molar-refractivity contribution is -0.153. The molecule has 1 rings (SSSR count). The predicted octanol–water partition coefficient (Wildman–Crippen LogP) is 0.881. The molecule has 0 aromatic heterocycles. The maximum absolute atomic E-state index is 11.6. The number of hydrogen-bond donors (Lipinski definition) is 3. The predicted molar refractivity (Wildman–Crippen MR) is 73.1 cm³/mol. The van der Waals surface area contributed by atoms with Crippen molar-refractivity contribution < 1.29 is 14.7 Å². The van der Waals surface area contributed by atoms with E-state index in [4.69, 9.17) is 5.11 Å². The van der Waals surface area contributed by atoms with Crippen LogP contribution >= 0.6 is 0 Å². The topological polar surface area (TPSA) is 81.7 Å². The number of amides is 2. The summed E-state index contributed by atoms with van der Waals surface area (Å²) < 4.78 is 0. The van der Waals surface area contributed by atoms with Crippen molar-refractivity contribution >= 4 is 12.0 Å². The van der Waals surface area contributed by atoms with Crippen LogP contribution in [0.3, 0.4) is 0 Å². The molecule has 6 heteroatoms. The fourth-order valence-electron chi connectivity index (χ4n) is 1.99. The standard InChI is InChI=1S/C13H25N3O3/c1-10(2)16(3)8-7-14-12(19)15-9-13(11(17)18)5-4-6-13/h10H,4-9H2,1-3H3,(H,17,18)(H2,14,15,19). The second kappa shape index (κ2) is 6.75. The van der Waals surface area contributed by atoms with Crippen molar-refractivity contribution in [2.75, 3.05) is 26.7 Å². The van der Waals surface area contributed by atoms with E-state index in [2.05, 4.69) is 29.4 Å². The van der Waals surface area contributed by atoms with E-state index >= 15 is 0 Å². The molecule has 1 fully saturated rings. The van der Waals surface area contributed by atoms with E-state index in [-0.39, 0.29) is 12.6 Å². The van der Waals surface area contributed by atoms with E-state index in [1.165, 1.54) is 0 Å². The second-order valence-electron chi connectivity index (χ2n) is 5.62. The van der Waals surface area contributed by atoms with E-state index in [1.54, 1.807) is 0 Å². The molecule has 110 valence electrons. The van der Waals surface area contributed by atoms with Gasteiger partial charge in [0.15, 0.2) is 0 Å². The number of carboxylic acid groups (broad SMARTS) is 1. The van der Waals surface area contributed by atoms with E-state index < -0.39 is 11.4 Å². The number of carbonyl (C=O) groups is 2. The van der Waals surface area contributed by atoms with Crippen molar-refractivity contribution in [3.63, 3.8) is 0 Å². The average Bonchev–Trinajstić information content (AvgIpc) is 2.26. The zero-order chi connectivity index (χ0) is 14.5. The Hall–Kier alpha value is -1.30. The lowest BCUT2D eigenvalue weighted by atomic mass is 9.69. The molecule has 0 aliphatic heterocycles. The Kier molecular flexibility index (Phi) is 5.60. The Labute approximate surface area is 114 Å². The molecular weight excluding hydrogens is 246 g/mol. The first kappa shape index (κ1) is 15.8. The van der Waals surface area contributed by atoms with Gasteiger partial charge in [-0.1, -0.05) is 6.42 Å². The first-order chi connectivity index (χ1) is 8.87. The third-order valence-corrected chi connectivity index (χ3v) is 3.98. The van der Waals surface area contributed by atoms with Crippen LogP contribution in [-0.2, 0) is 4.79 Å². The maximum atomic E-state index is 11.6. The zero-order valence-corrected chi connectivity index (χ0v) is 12.0. The minimum absolute atomic E-state index is 0.216. The summed E-state index contributed by atoms with van der Waals surface area (Å²) in [6.45, 7) is 5.73. The SMILES string of the molecule is CC(C)N(C)CCNC(=O)NCC1(C(=O)O)CCC1. The number of likely N-dealkylation sites (N-methyl/N-ethyl adjacent to an activating group) is 1. The molecule has 1 aliphatic rings. The summed E-state index contributed by atoms with van der Waals surface area (Å²) in [6.07, 6.45) is 2.23. The number of nitrogens with zero attached hydrogens (tertiary/aromatic N) is 1. The Balaban J connectivity index is 2.19. The number of aliphatic carboxylic acids is 1. The summed E-state index contributed by atoms with van der Waals surface area (Å²) in [7, 11) is 2.00. The monoisotopic (exact) mass is 271 g/mol. The third kappa shape index (κ3) is 4.38. The summed E-state index contributed by atoms with van der Waals surface area (Å²) in [5.74, 6) is -0.807. The highest BCUT2D eigenvalue weighted by atomic mass is 16.4. The van der Waals surface area contributed by atoms with Crippen molar-refractivity contribution in [2.24, 2.45) is 5.41 Å². The molecule has 0 saturated heterocycles. The molecule has 1 saturated carbocycles. The van der Waals surface area contributed by atoms with Crippen LogP contribution in [0, 0.1) is 5.41 Å². The summed E-state index contributed by atoms with van der Waals surface area (Å²) in [5.41, 5.74) is -0.730. The van der Waals surface area contributed by atoms with E-state index in [0.717, 1.165) is 13.0 Å². The third-order valence-electron chi connectivity index (χ3n) is 3.98. The van der Waals surface area contributed by atoms with Crippen molar-refractivity contribution in [1.82, 2.24) is 15.5 Å². The molecule has 6 nitrogen and oxygen atoms in total. The highest BCUT2D eigenvalue weighted by Crippen LogP contribution is 2.40. The van der Waals surface area contributed by atoms with Gasteiger partial charge in [-0.2, -0.15) is 0 Å². The Morgan fingerprint density at radius 2 is 1.95 bits per heavy atom. The van der Waals surface area contributed by atoms with Gasteiger partial charge in [-0.15, -0.1) is 0 Å². The summed E-state index contributed by atoms with van der Waals surface area (Å²) in [6, 6.07) is 0.153. The number of carbonyl (C=O) groups excluding carboxylic acids is 1. The normalized spacial score (nSPS) is 17.1. The number of hydrogen-bond acceptors (Lipinski definition) is 3. The molecule has 0 radical (unpaired) electrons. The Morgan fingerprint density at radius 1 is 1.32 bits per heavy atom. The number of urea groups is 1. The quantitative estimate of drug-likeness (QED) is 0.642. The van der Waals surface area contributed by atoms with Crippen LogP contribution < -0.4 is 10.6 Å². The Morgan fingerprint density at radius 3 is 2.37 bits per heavy atom. The van der Waals surface area contributed by atoms with Gasteiger partial charge in [0.2, 0.25) is 0 Å². The first-order valence-corrected chi connectivity index (χ1v) is 6.83. The lowest BCUT2D eigenvalue weighted by Crippen LogP contribution is -2.50. The molecule has 0 aromatic rings. The first-order valence-electron chi connectivity index (χ1n) is 6.83. The maximum Gasteiger partial charge on any atom is 0.314 e. The summed E-state index contributed by atoms with van der Waals surface area (Å²) in [5, 5.41) is 14.5. The minimum atomic E-state index is -0.807. The van der Waals surface area contributed by atoms with Crippen LogP contribution in [0.1, 0.15) is 33.1 Å². The van der Waals surface area contributed by atoms with E-state index in [1.807, 2.05) is 7.05 Å². The molecule has 2 amide bonds. The van der Waals surface area contributed by atoms with Crippen molar-refractivity contribution in [2.45, 2.75) is 39.2 Å². The fraction of sp³-hybridized carbons (Fsp3) is 0.846. The summed E-state index contributed by atoms with van der Waals surface area (Å²) in [4.78, 5) is 24.8. The lowest BCUT2D eigenvalue weighted by Gasteiger charge is -2.37. The number of nitrogens with one attached hydrogen (secondary N) is 2. The molecule has 1 aliphatic carbocycles. The van der Waals surface area contributed by atoms with E-state index in [9.17, 15) is 9.59 Å². The van der Waals surface area contributed by atoms with Gasteiger partial charge >= 0.3 is 12.0 Å². The van der Waals surface area contributed by atoms with E-state index in [0.29, 0.717) is 25.4 Å². The van der Waals surface area contributed by atoms with Crippen LogP contribution in [0.2, 0.25) is 0 Å². The number of carboxylic acids is 1. The van der Waals surface area contributed by atoms with Crippen LogP contribution in [0.15, 0.2) is 0 Å². The van der Waals surface area contributed by atoms with Crippen molar-refractivity contribution in [1.29, 1.82) is 0 Å². The largest absolute Gasteiger partial charge is 0.481 e. The number of rotatable bonds is 7. The molecular formula is C13H25N3O3. The zero-order valence-electron chi connectivity index (χ0n) is 12.0. The van der Waals surface area contributed by atoms with Gasteiger partial charge in [0, 0.05) is 25.7 Å². The van der Waals surface area contributed by atoms with Crippen LogP contribution in [-0.4, -0.2) is 54.7 Å². The molecule has 0 heterocycles. The van der Waals surface area contributed by atoms with Gasteiger partial charge < -0.3 is 20.6 Å². The van der Waals surface area contributed by atoms with Gasteiger partial charge in [0.1, 0.15) is 0 Å². The molecule has 0 unspecified atom stereocenters. The van der Waals surface area contributed by atoms with Gasteiger partial charge in [-0.05, 0) is 33.7 Å². The molecule has 0 aromatic carbocycles. The van der Waals surface area contributed by atoms with Gasteiger partial charge in [0.05, 0.1) is 5.41 Å². The fourth-order valence-corrected chi connectivity index (χ4v) is 1.99. The molecule has 3 N–H and O–H groups in total. The van der Waals surface area contributed by atoms with Crippen LogP contribution in [0.4, 0.5) is 4.79 Å².